The van der Waals surface area contributed by atoms with Gasteiger partial charge in [0.2, 0.25) is 0 Å². The third kappa shape index (κ3) is 2.62. The van der Waals surface area contributed by atoms with Gasteiger partial charge >= 0.3 is 0 Å². The number of halogens is 1. The Kier molecular flexibility index (Phi) is 3.35. The third-order valence-corrected chi connectivity index (χ3v) is 3.71. The second-order valence-electron chi connectivity index (χ2n) is 4.49. The Balaban J connectivity index is 1.86. The van der Waals surface area contributed by atoms with Crippen molar-refractivity contribution >= 4 is 50.8 Å². The fourth-order valence-corrected chi connectivity index (χ4v) is 2.36. The second kappa shape index (κ2) is 5.16. The van der Waals surface area contributed by atoms with E-state index in [4.69, 9.17) is 5.73 Å². The molecule has 5 heteroatoms. The number of nitrogens with two attached hydrogens (primary N) is 1. The van der Waals surface area contributed by atoms with Gasteiger partial charge in [-0.15, -0.1) is 0 Å². The molecule has 3 aromatic rings. The molecule has 4 nitrogen and oxygen atoms in total. The number of carbonyl (C=O) groups is 1. The van der Waals surface area contributed by atoms with Gasteiger partial charge in [-0.3, -0.25) is 4.79 Å². The van der Waals surface area contributed by atoms with Gasteiger partial charge in [-0.05, 0) is 71.1 Å². The number of H-pyrrole nitrogens is 1. The van der Waals surface area contributed by atoms with E-state index in [1.807, 2.05) is 36.4 Å². The van der Waals surface area contributed by atoms with Crippen LogP contribution in [-0.2, 0) is 0 Å². The summed E-state index contributed by atoms with van der Waals surface area (Å²) < 4.78 is 1.13. The summed E-state index contributed by atoms with van der Waals surface area (Å²) in [6.45, 7) is 0. The van der Waals surface area contributed by atoms with Crippen molar-refractivity contribution in [3.05, 3.63) is 57.8 Å². The van der Waals surface area contributed by atoms with Gasteiger partial charge in [0.05, 0.1) is 0 Å². The molecule has 100 valence electrons. The third-order valence-electron chi connectivity index (χ3n) is 2.99. The number of nitrogens with one attached hydrogen (secondary N) is 2. The number of carbonyl (C=O) groups excluding carboxylic acids is 1. The van der Waals surface area contributed by atoms with Crippen molar-refractivity contribution in [3.8, 4) is 0 Å². The predicted molar refractivity (Wildman–Crippen MR) is 89.8 cm³/mol. The summed E-state index contributed by atoms with van der Waals surface area (Å²) in [5.74, 6) is -0.166. The minimum absolute atomic E-state index is 0.166. The van der Waals surface area contributed by atoms with Crippen molar-refractivity contribution in [2.75, 3.05) is 11.1 Å². The molecule has 3 rings (SSSR count). The van der Waals surface area contributed by atoms with Crippen LogP contribution in [-0.4, -0.2) is 10.9 Å². The Bertz CT molecular complexity index is 777. The SMILES string of the molecule is Nc1ccc2[nH]c(C(=O)Nc3ccc(I)cc3)cc2c1. The molecule has 1 amide bonds. The first-order valence-corrected chi connectivity index (χ1v) is 7.15. The largest absolute Gasteiger partial charge is 0.399 e. The maximum atomic E-state index is 12.2. The molecule has 20 heavy (non-hydrogen) atoms. The average Bonchev–Trinajstić information content (AvgIpc) is 2.84. The van der Waals surface area contributed by atoms with Crippen molar-refractivity contribution in [2.45, 2.75) is 0 Å². The minimum Gasteiger partial charge on any atom is -0.399 e. The number of nitrogen functional groups attached to an aromatic ring is 1. The van der Waals surface area contributed by atoms with Crippen LogP contribution in [0.15, 0.2) is 48.5 Å². The molecule has 0 bridgehead atoms. The maximum absolute atomic E-state index is 12.2. The lowest BCUT2D eigenvalue weighted by Gasteiger charge is -2.03. The van der Waals surface area contributed by atoms with E-state index >= 15 is 0 Å². The standard InChI is InChI=1S/C15H12IN3O/c16-10-1-4-12(5-2-10)18-15(20)14-8-9-7-11(17)3-6-13(9)19-14/h1-8,19H,17H2,(H,18,20). The van der Waals surface area contributed by atoms with Gasteiger partial charge in [0.25, 0.3) is 5.91 Å². The number of aromatic nitrogens is 1. The first-order chi connectivity index (χ1) is 9.61. The van der Waals surface area contributed by atoms with Crippen molar-refractivity contribution in [2.24, 2.45) is 0 Å². The first kappa shape index (κ1) is 13.0. The average molecular weight is 377 g/mol. The molecule has 1 aromatic heterocycles. The molecule has 2 aromatic carbocycles. The molecule has 0 saturated carbocycles. The highest BCUT2D eigenvalue weighted by atomic mass is 127. The van der Waals surface area contributed by atoms with Gasteiger partial charge in [-0.25, -0.2) is 0 Å². The van der Waals surface area contributed by atoms with Crippen LogP contribution in [0.2, 0.25) is 0 Å². The summed E-state index contributed by atoms with van der Waals surface area (Å²) in [5.41, 5.74) is 8.60. The number of hydrogen-bond acceptors (Lipinski definition) is 2. The second-order valence-corrected chi connectivity index (χ2v) is 5.74. The Morgan fingerprint density at radius 2 is 1.85 bits per heavy atom. The summed E-state index contributed by atoms with van der Waals surface area (Å²) in [6.07, 6.45) is 0. The molecule has 0 aliphatic rings. The number of rotatable bonds is 2. The zero-order valence-corrected chi connectivity index (χ0v) is 12.6. The molecular formula is C15H12IN3O. The smallest absolute Gasteiger partial charge is 0.272 e. The number of anilines is 2. The van der Waals surface area contributed by atoms with Crippen LogP contribution in [0.5, 0.6) is 0 Å². The summed E-state index contributed by atoms with van der Waals surface area (Å²) in [6, 6.07) is 15.0. The van der Waals surface area contributed by atoms with Gasteiger partial charge in [-0.1, -0.05) is 0 Å². The van der Waals surface area contributed by atoms with Gasteiger partial charge in [0.15, 0.2) is 0 Å². The van der Waals surface area contributed by atoms with Crippen molar-refractivity contribution in [3.63, 3.8) is 0 Å². The Morgan fingerprint density at radius 3 is 2.60 bits per heavy atom. The highest BCUT2D eigenvalue weighted by molar-refractivity contribution is 14.1. The first-order valence-electron chi connectivity index (χ1n) is 6.07. The highest BCUT2D eigenvalue weighted by Crippen LogP contribution is 2.19. The van der Waals surface area contributed by atoms with E-state index in [-0.39, 0.29) is 5.91 Å². The van der Waals surface area contributed by atoms with Crippen molar-refractivity contribution < 1.29 is 4.79 Å². The van der Waals surface area contributed by atoms with E-state index in [0.29, 0.717) is 11.4 Å². The minimum atomic E-state index is -0.166. The zero-order valence-electron chi connectivity index (χ0n) is 10.5. The molecule has 0 aliphatic heterocycles. The molecule has 0 atom stereocenters. The lowest BCUT2D eigenvalue weighted by atomic mass is 10.2. The molecule has 0 saturated heterocycles. The topological polar surface area (TPSA) is 70.9 Å². The fourth-order valence-electron chi connectivity index (χ4n) is 2.01. The highest BCUT2D eigenvalue weighted by Gasteiger charge is 2.09. The van der Waals surface area contributed by atoms with Crippen LogP contribution in [0.1, 0.15) is 10.5 Å². The van der Waals surface area contributed by atoms with Crippen LogP contribution in [0, 0.1) is 3.57 Å². The molecule has 0 radical (unpaired) electrons. The summed E-state index contributed by atoms with van der Waals surface area (Å²) in [5, 5.41) is 3.78. The number of amides is 1. The predicted octanol–water partition coefficient (Wildman–Crippen LogP) is 3.61. The number of hydrogen-bond donors (Lipinski definition) is 3. The van der Waals surface area contributed by atoms with Gasteiger partial charge in [0, 0.05) is 25.8 Å². The van der Waals surface area contributed by atoms with Gasteiger partial charge < -0.3 is 16.0 Å². The van der Waals surface area contributed by atoms with Crippen LogP contribution in [0.25, 0.3) is 10.9 Å². The van der Waals surface area contributed by atoms with Crippen LogP contribution in [0.3, 0.4) is 0 Å². The van der Waals surface area contributed by atoms with Crippen molar-refractivity contribution in [1.82, 2.24) is 4.98 Å². The lowest BCUT2D eigenvalue weighted by molar-refractivity contribution is 0.102. The molecule has 0 fully saturated rings. The monoisotopic (exact) mass is 377 g/mol. The number of aromatic amines is 1. The summed E-state index contributed by atoms with van der Waals surface area (Å²) in [7, 11) is 0. The molecule has 4 N–H and O–H groups in total. The van der Waals surface area contributed by atoms with E-state index in [1.165, 1.54) is 0 Å². The molecule has 0 aliphatic carbocycles. The van der Waals surface area contributed by atoms with Gasteiger partial charge in [-0.2, -0.15) is 0 Å². The summed E-state index contributed by atoms with van der Waals surface area (Å²) in [4.78, 5) is 15.3. The van der Waals surface area contributed by atoms with Crippen LogP contribution in [0.4, 0.5) is 11.4 Å². The van der Waals surface area contributed by atoms with E-state index in [0.717, 1.165) is 20.2 Å². The molecule has 0 unspecified atom stereocenters. The lowest BCUT2D eigenvalue weighted by Crippen LogP contribution is -2.12. The quantitative estimate of drug-likeness (QED) is 0.472. The van der Waals surface area contributed by atoms with E-state index < -0.39 is 0 Å². The Morgan fingerprint density at radius 1 is 1.10 bits per heavy atom. The van der Waals surface area contributed by atoms with Crippen LogP contribution < -0.4 is 11.1 Å². The van der Waals surface area contributed by atoms with Crippen LogP contribution >= 0.6 is 22.6 Å². The van der Waals surface area contributed by atoms with E-state index in [1.54, 1.807) is 12.1 Å². The molecule has 0 spiro atoms. The van der Waals surface area contributed by atoms with E-state index in [2.05, 4.69) is 32.9 Å². The molecule has 1 heterocycles. The normalized spacial score (nSPS) is 10.7. The maximum Gasteiger partial charge on any atom is 0.272 e. The Hall–Kier alpha value is -2.02. The zero-order chi connectivity index (χ0) is 14.1. The van der Waals surface area contributed by atoms with Crippen molar-refractivity contribution in [1.29, 1.82) is 0 Å². The number of fused-ring (bicyclic) bond motifs is 1. The fraction of sp³-hybridized carbons (Fsp3) is 0. The molecular weight excluding hydrogens is 365 g/mol. The summed E-state index contributed by atoms with van der Waals surface area (Å²) >= 11 is 2.22. The Labute approximate surface area is 129 Å². The number of benzene rings is 2. The van der Waals surface area contributed by atoms with E-state index in [9.17, 15) is 4.79 Å². The van der Waals surface area contributed by atoms with Gasteiger partial charge in [0.1, 0.15) is 5.69 Å².